The van der Waals surface area contributed by atoms with Crippen LogP contribution in [-0.4, -0.2) is 54.5 Å². The molecule has 1 fully saturated rings. The zero-order chi connectivity index (χ0) is 12.7. The van der Waals surface area contributed by atoms with Crippen LogP contribution in [0.4, 0.5) is 0 Å². The Morgan fingerprint density at radius 3 is 2.29 bits per heavy atom. The number of carbonyl (C=O) groups is 1. The topological polar surface area (TPSA) is 49.6 Å². The van der Waals surface area contributed by atoms with Gasteiger partial charge in [0.05, 0.1) is 6.54 Å². The van der Waals surface area contributed by atoms with Crippen molar-refractivity contribution in [1.82, 2.24) is 9.80 Å². The van der Waals surface area contributed by atoms with Gasteiger partial charge in [-0.3, -0.25) is 9.69 Å². The number of carbonyl (C=O) groups excluding carboxylic acids is 1. The molecule has 0 radical (unpaired) electrons. The lowest BCUT2D eigenvalue weighted by atomic mass is 10.2. The maximum Gasteiger partial charge on any atom is 0.236 e. The number of hydrogen-bond acceptors (Lipinski definition) is 3. The van der Waals surface area contributed by atoms with Crippen LogP contribution in [0.2, 0.25) is 0 Å². The predicted octanol–water partition coefficient (Wildman–Crippen LogP) is 1.06. The molecule has 0 atom stereocenters. The summed E-state index contributed by atoms with van der Waals surface area (Å²) in [6, 6.07) is 0.582. The first kappa shape index (κ1) is 14.5. The van der Waals surface area contributed by atoms with E-state index in [-0.39, 0.29) is 5.91 Å². The summed E-state index contributed by atoms with van der Waals surface area (Å²) in [5, 5.41) is 0. The lowest BCUT2D eigenvalue weighted by Crippen LogP contribution is -2.45. The predicted molar refractivity (Wildman–Crippen MR) is 70.8 cm³/mol. The molecule has 1 saturated carbocycles. The summed E-state index contributed by atoms with van der Waals surface area (Å²) in [4.78, 5) is 16.3. The van der Waals surface area contributed by atoms with Crippen LogP contribution in [0.15, 0.2) is 0 Å². The van der Waals surface area contributed by atoms with Gasteiger partial charge in [0.2, 0.25) is 5.91 Å². The molecule has 0 aromatic heterocycles. The van der Waals surface area contributed by atoms with Crippen molar-refractivity contribution >= 4 is 5.91 Å². The van der Waals surface area contributed by atoms with Gasteiger partial charge in [-0.25, -0.2) is 0 Å². The minimum atomic E-state index is 0.246. The summed E-state index contributed by atoms with van der Waals surface area (Å²) in [7, 11) is 0. The van der Waals surface area contributed by atoms with E-state index in [2.05, 4.69) is 4.90 Å². The Hall–Kier alpha value is -0.610. The Morgan fingerprint density at radius 1 is 1.24 bits per heavy atom. The van der Waals surface area contributed by atoms with Gasteiger partial charge < -0.3 is 10.6 Å². The van der Waals surface area contributed by atoms with Gasteiger partial charge in [0.25, 0.3) is 0 Å². The van der Waals surface area contributed by atoms with Crippen molar-refractivity contribution in [2.24, 2.45) is 5.73 Å². The van der Waals surface area contributed by atoms with Crippen LogP contribution in [0, 0.1) is 0 Å². The summed E-state index contributed by atoms with van der Waals surface area (Å²) >= 11 is 0. The van der Waals surface area contributed by atoms with Crippen molar-refractivity contribution in [2.45, 2.75) is 45.6 Å². The van der Waals surface area contributed by atoms with Crippen molar-refractivity contribution in [1.29, 1.82) is 0 Å². The van der Waals surface area contributed by atoms with Crippen LogP contribution in [0.3, 0.4) is 0 Å². The number of nitrogens with zero attached hydrogens (tertiary/aromatic N) is 2. The van der Waals surface area contributed by atoms with Crippen LogP contribution < -0.4 is 5.73 Å². The van der Waals surface area contributed by atoms with Crippen LogP contribution in [0.1, 0.15) is 39.5 Å². The zero-order valence-electron chi connectivity index (χ0n) is 11.3. The average Bonchev–Trinajstić information content (AvgIpc) is 2.83. The third-order valence-electron chi connectivity index (χ3n) is 3.71. The van der Waals surface area contributed by atoms with Gasteiger partial charge in [-0.2, -0.15) is 0 Å². The highest BCUT2D eigenvalue weighted by Crippen LogP contribution is 2.23. The standard InChI is InChI=1S/C13H27N3O/c1-3-15(4-2)13(17)11-16(10-9-14)12-7-5-6-8-12/h12H,3-11,14H2,1-2H3. The molecule has 1 aliphatic rings. The number of hydrogen-bond donors (Lipinski definition) is 1. The molecule has 0 unspecified atom stereocenters. The maximum absolute atomic E-state index is 12.1. The fourth-order valence-electron chi connectivity index (χ4n) is 2.68. The molecule has 0 bridgehead atoms. The smallest absolute Gasteiger partial charge is 0.236 e. The second-order valence-corrected chi connectivity index (χ2v) is 4.76. The van der Waals surface area contributed by atoms with E-state index < -0.39 is 0 Å². The summed E-state index contributed by atoms with van der Waals surface area (Å²) < 4.78 is 0. The zero-order valence-corrected chi connectivity index (χ0v) is 11.3. The van der Waals surface area contributed by atoms with Crippen LogP contribution >= 0.6 is 0 Å². The van der Waals surface area contributed by atoms with Gasteiger partial charge in [-0.05, 0) is 26.7 Å². The molecular formula is C13H27N3O. The van der Waals surface area contributed by atoms with Crippen molar-refractivity contribution in [3.63, 3.8) is 0 Å². The van der Waals surface area contributed by atoms with Gasteiger partial charge in [-0.1, -0.05) is 12.8 Å². The highest BCUT2D eigenvalue weighted by Gasteiger charge is 2.24. The first-order chi connectivity index (χ1) is 8.22. The Morgan fingerprint density at radius 2 is 1.82 bits per heavy atom. The molecule has 100 valence electrons. The van der Waals surface area contributed by atoms with Crippen molar-refractivity contribution < 1.29 is 4.79 Å². The van der Waals surface area contributed by atoms with Crippen molar-refractivity contribution in [3.05, 3.63) is 0 Å². The van der Waals surface area contributed by atoms with E-state index in [0.29, 0.717) is 19.1 Å². The summed E-state index contributed by atoms with van der Waals surface area (Å²) in [5.74, 6) is 0.246. The van der Waals surface area contributed by atoms with E-state index in [1.807, 2.05) is 18.7 Å². The molecule has 17 heavy (non-hydrogen) atoms. The number of rotatable bonds is 7. The third kappa shape index (κ3) is 4.28. The van der Waals surface area contributed by atoms with Gasteiger partial charge in [0.1, 0.15) is 0 Å². The Kier molecular flexibility index (Phi) is 6.52. The SMILES string of the molecule is CCN(CC)C(=O)CN(CCN)C1CCCC1. The van der Waals surface area contributed by atoms with Crippen molar-refractivity contribution in [2.75, 3.05) is 32.7 Å². The normalized spacial score (nSPS) is 16.7. The highest BCUT2D eigenvalue weighted by atomic mass is 16.2. The lowest BCUT2D eigenvalue weighted by Gasteiger charge is -2.30. The molecule has 0 aromatic rings. The van der Waals surface area contributed by atoms with Gasteiger partial charge in [0.15, 0.2) is 0 Å². The van der Waals surface area contributed by atoms with Crippen LogP contribution in [0.5, 0.6) is 0 Å². The van der Waals surface area contributed by atoms with Crippen LogP contribution in [-0.2, 0) is 4.79 Å². The average molecular weight is 241 g/mol. The molecule has 0 saturated heterocycles. The molecule has 0 aliphatic heterocycles. The first-order valence-electron chi connectivity index (χ1n) is 6.94. The van der Waals surface area contributed by atoms with Gasteiger partial charge in [0, 0.05) is 32.2 Å². The number of likely N-dealkylation sites (N-methyl/N-ethyl adjacent to an activating group) is 1. The van der Waals surface area contributed by atoms with E-state index in [1.54, 1.807) is 0 Å². The fraction of sp³-hybridized carbons (Fsp3) is 0.923. The van der Waals surface area contributed by atoms with E-state index in [0.717, 1.165) is 19.6 Å². The van der Waals surface area contributed by atoms with Crippen molar-refractivity contribution in [3.8, 4) is 0 Å². The molecule has 2 N–H and O–H groups in total. The molecule has 4 heteroatoms. The highest BCUT2D eigenvalue weighted by molar-refractivity contribution is 5.78. The second kappa shape index (κ2) is 7.67. The first-order valence-corrected chi connectivity index (χ1v) is 6.94. The summed E-state index contributed by atoms with van der Waals surface area (Å²) in [6.45, 7) is 7.70. The lowest BCUT2D eigenvalue weighted by molar-refractivity contribution is -0.132. The van der Waals surface area contributed by atoms with Crippen LogP contribution in [0.25, 0.3) is 0 Å². The molecule has 1 rings (SSSR count). The molecule has 1 amide bonds. The Balaban J connectivity index is 2.50. The molecule has 0 heterocycles. The van der Waals surface area contributed by atoms with E-state index in [9.17, 15) is 4.79 Å². The maximum atomic E-state index is 12.1. The molecule has 1 aliphatic carbocycles. The third-order valence-corrected chi connectivity index (χ3v) is 3.71. The molecule has 4 nitrogen and oxygen atoms in total. The monoisotopic (exact) mass is 241 g/mol. The van der Waals surface area contributed by atoms with Gasteiger partial charge in [-0.15, -0.1) is 0 Å². The molecule has 0 spiro atoms. The van der Waals surface area contributed by atoms with E-state index in [4.69, 9.17) is 5.73 Å². The number of nitrogens with two attached hydrogens (primary N) is 1. The minimum Gasteiger partial charge on any atom is -0.342 e. The molecule has 0 aromatic carbocycles. The van der Waals surface area contributed by atoms with E-state index in [1.165, 1.54) is 25.7 Å². The quantitative estimate of drug-likeness (QED) is 0.725. The summed E-state index contributed by atoms with van der Waals surface area (Å²) in [5.41, 5.74) is 5.65. The Labute approximate surface area is 105 Å². The minimum absolute atomic E-state index is 0.246. The second-order valence-electron chi connectivity index (χ2n) is 4.76. The Bertz CT molecular complexity index is 223. The fourth-order valence-corrected chi connectivity index (χ4v) is 2.68. The largest absolute Gasteiger partial charge is 0.342 e. The molecular weight excluding hydrogens is 214 g/mol. The summed E-state index contributed by atoms with van der Waals surface area (Å²) in [6.07, 6.45) is 5.05. The number of amides is 1. The van der Waals surface area contributed by atoms with E-state index >= 15 is 0 Å². The van der Waals surface area contributed by atoms with Gasteiger partial charge >= 0.3 is 0 Å².